The Hall–Kier alpha value is -1.26. The zero-order valence-electron chi connectivity index (χ0n) is 7.10. The van der Waals surface area contributed by atoms with Crippen molar-refractivity contribution in [2.24, 2.45) is 0 Å². The second kappa shape index (κ2) is 2.62. The molecule has 1 aromatic rings. The number of rotatable bonds is 1. The van der Waals surface area contributed by atoms with Crippen LogP contribution >= 0.6 is 0 Å². The summed E-state index contributed by atoms with van der Waals surface area (Å²) in [4.78, 5) is 10.9. The molecule has 0 spiro atoms. The van der Waals surface area contributed by atoms with Gasteiger partial charge in [-0.1, -0.05) is 0 Å². The first kappa shape index (κ1) is 9.30. The SMILES string of the molecule is O=c1ccoc(C2(C(F)(F)F)CC2)c1. The van der Waals surface area contributed by atoms with Crippen LogP contribution in [0.15, 0.2) is 27.6 Å². The fourth-order valence-corrected chi connectivity index (χ4v) is 1.43. The summed E-state index contributed by atoms with van der Waals surface area (Å²) in [6.07, 6.45) is -3.32. The Morgan fingerprint density at radius 1 is 1.36 bits per heavy atom. The molecule has 1 heterocycles. The molecule has 0 atom stereocenters. The van der Waals surface area contributed by atoms with Gasteiger partial charge in [0.1, 0.15) is 11.2 Å². The highest BCUT2D eigenvalue weighted by Crippen LogP contribution is 2.58. The number of hydrogen-bond acceptors (Lipinski definition) is 2. The Bertz CT molecular complexity index is 401. The third-order valence-corrected chi connectivity index (χ3v) is 2.46. The molecular weight excluding hydrogens is 197 g/mol. The zero-order valence-corrected chi connectivity index (χ0v) is 7.10. The summed E-state index contributed by atoms with van der Waals surface area (Å²) in [6.45, 7) is 0. The molecule has 2 nitrogen and oxygen atoms in total. The van der Waals surface area contributed by atoms with Crippen LogP contribution in [0.2, 0.25) is 0 Å². The van der Waals surface area contributed by atoms with E-state index in [1.165, 1.54) is 0 Å². The van der Waals surface area contributed by atoms with Crippen molar-refractivity contribution in [3.05, 3.63) is 34.4 Å². The predicted molar refractivity (Wildman–Crippen MR) is 41.9 cm³/mol. The maximum Gasteiger partial charge on any atom is 0.401 e. The van der Waals surface area contributed by atoms with Gasteiger partial charge in [0.2, 0.25) is 0 Å². The Morgan fingerprint density at radius 3 is 2.43 bits per heavy atom. The smallest absolute Gasteiger partial charge is 0.401 e. The van der Waals surface area contributed by atoms with Gasteiger partial charge in [-0.3, -0.25) is 4.79 Å². The van der Waals surface area contributed by atoms with Crippen LogP contribution in [0.4, 0.5) is 13.2 Å². The molecule has 0 aliphatic heterocycles. The maximum atomic E-state index is 12.6. The zero-order chi connectivity index (χ0) is 10.4. The molecule has 0 bridgehead atoms. The molecule has 5 heteroatoms. The van der Waals surface area contributed by atoms with Crippen molar-refractivity contribution in [1.29, 1.82) is 0 Å². The molecule has 0 saturated heterocycles. The lowest BCUT2D eigenvalue weighted by Crippen LogP contribution is -2.29. The van der Waals surface area contributed by atoms with Crippen molar-refractivity contribution < 1.29 is 17.6 Å². The second-order valence-corrected chi connectivity index (χ2v) is 3.41. The van der Waals surface area contributed by atoms with Crippen LogP contribution < -0.4 is 5.43 Å². The normalized spacial score (nSPS) is 19.4. The number of halogens is 3. The van der Waals surface area contributed by atoms with Crippen molar-refractivity contribution in [3.8, 4) is 0 Å². The average Bonchev–Trinajstić information content (AvgIpc) is 2.82. The van der Waals surface area contributed by atoms with E-state index in [9.17, 15) is 18.0 Å². The minimum absolute atomic E-state index is 0.00343. The summed E-state index contributed by atoms with van der Waals surface area (Å²) in [5, 5.41) is 0. The van der Waals surface area contributed by atoms with E-state index >= 15 is 0 Å². The fraction of sp³-hybridized carbons (Fsp3) is 0.444. The van der Waals surface area contributed by atoms with E-state index in [-0.39, 0.29) is 18.6 Å². The van der Waals surface area contributed by atoms with Gasteiger partial charge in [0.15, 0.2) is 5.43 Å². The maximum absolute atomic E-state index is 12.6. The van der Waals surface area contributed by atoms with E-state index in [1.54, 1.807) is 0 Å². The first-order chi connectivity index (χ1) is 6.46. The molecule has 0 radical (unpaired) electrons. The second-order valence-electron chi connectivity index (χ2n) is 3.41. The average molecular weight is 204 g/mol. The van der Waals surface area contributed by atoms with Crippen LogP contribution in [-0.4, -0.2) is 6.18 Å². The summed E-state index contributed by atoms with van der Waals surface area (Å²) in [7, 11) is 0. The van der Waals surface area contributed by atoms with Crippen LogP contribution in [0.25, 0.3) is 0 Å². The van der Waals surface area contributed by atoms with Crippen LogP contribution in [-0.2, 0) is 5.41 Å². The van der Waals surface area contributed by atoms with E-state index in [0.29, 0.717) is 0 Å². The van der Waals surface area contributed by atoms with Crippen molar-refractivity contribution in [1.82, 2.24) is 0 Å². The molecule has 0 unspecified atom stereocenters. The van der Waals surface area contributed by atoms with Crippen molar-refractivity contribution in [2.45, 2.75) is 24.4 Å². The van der Waals surface area contributed by atoms with Gasteiger partial charge in [-0.2, -0.15) is 13.2 Å². The highest BCUT2D eigenvalue weighted by Gasteiger charge is 2.66. The summed E-state index contributed by atoms with van der Waals surface area (Å²) >= 11 is 0. The monoisotopic (exact) mass is 204 g/mol. The Labute approximate surface area is 77.3 Å². The largest absolute Gasteiger partial charge is 0.468 e. The Morgan fingerprint density at radius 2 is 2.00 bits per heavy atom. The van der Waals surface area contributed by atoms with E-state index in [4.69, 9.17) is 4.42 Å². The van der Waals surface area contributed by atoms with Crippen molar-refractivity contribution >= 4 is 0 Å². The van der Waals surface area contributed by atoms with Gasteiger partial charge in [-0.05, 0) is 12.8 Å². The van der Waals surface area contributed by atoms with E-state index in [2.05, 4.69) is 0 Å². The molecule has 1 fully saturated rings. The van der Waals surface area contributed by atoms with Gasteiger partial charge >= 0.3 is 6.18 Å². The van der Waals surface area contributed by atoms with Crippen LogP contribution in [0.5, 0.6) is 0 Å². The van der Waals surface area contributed by atoms with Gasteiger partial charge in [-0.15, -0.1) is 0 Å². The van der Waals surface area contributed by atoms with Gasteiger partial charge in [0.25, 0.3) is 0 Å². The quantitative estimate of drug-likeness (QED) is 0.702. The topological polar surface area (TPSA) is 30.2 Å². The predicted octanol–water partition coefficient (Wildman–Crippen LogP) is 2.23. The first-order valence-corrected chi connectivity index (χ1v) is 4.12. The molecule has 14 heavy (non-hydrogen) atoms. The molecule has 0 aromatic carbocycles. The summed E-state index contributed by atoms with van der Waals surface area (Å²) in [5.41, 5.74) is -2.35. The lowest BCUT2D eigenvalue weighted by Gasteiger charge is -2.17. The fourth-order valence-electron chi connectivity index (χ4n) is 1.43. The molecule has 0 N–H and O–H groups in total. The van der Waals surface area contributed by atoms with Crippen molar-refractivity contribution in [3.63, 3.8) is 0 Å². The summed E-state index contributed by atoms with van der Waals surface area (Å²) < 4.78 is 42.4. The van der Waals surface area contributed by atoms with E-state index < -0.39 is 17.0 Å². The summed E-state index contributed by atoms with van der Waals surface area (Å²) in [5.74, 6) is -0.266. The lowest BCUT2D eigenvalue weighted by molar-refractivity contribution is -0.164. The minimum atomic E-state index is -4.33. The molecule has 0 amide bonds. The van der Waals surface area contributed by atoms with Gasteiger partial charge < -0.3 is 4.42 Å². The number of alkyl halides is 3. The molecular formula is C9H7F3O2. The Balaban J connectivity index is 2.46. The Kier molecular flexibility index (Phi) is 1.74. The molecule has 1 aromatic heterocycles. The minimum Gasteiger partial charge on any atom is -0.468 e. The molecule has 2 rings (SSSR count). The van der Waals surface area contributed by atoms with Gasteiger partial charge in [0, 0.05) is 12.1 Å². The first-order valence-electron chi connectivity index (χ1n) is 4.12. The van der Waals surface area contributed by atoms with Gasteiger partial charge in [-0.25, -0.2) is 0 Å². The molecule has 1 saturated carbocycles. The molecule has 76 valence electrons. The molecule has 1 aliphatic rings. The highest BCUT2D eigenvalue weighted by molar-refractivity contribution is 5.24. The van der Waals surface area contributed by atoms with Crippen LogP contribution in [0.1, 0.15) is 18.6 Å². The number of hydrogen-bond donors (Lipinski definition) is 0. The van der Waals surface area contributed by atoms with E-state index in [1.807, 2.05) is 0 Å². The van der Waals surface area contributed by atoms with Crippen molar-refractivity contribution in [2.75, 3.05) is 0 Å². The lowest BCUT2D eigenvalue weighted by atomic mass is 10.0. The van der Waals surface area contributed by atoms with Gasteiger partial charge in [0.05, 0.1) is 6.26 Å². The third kappa shape index (κ3) is 1.23. The third-order valence-electron chi connectivity index (χ3n) is 2.46. The molecule has 1 aliphatic carbocycles. The highest BCUT2D eigenvalue weighted by atomic mass is 19.4. The standard InChI is InChI=1S/C9H7F3O2/c10-9(11,12)8(2-3-8)7-5-6(13)1-4-14-7/h1,4-5H,2-3H2. The van der Waals surface area contributed by atoms with Crippen LogP contribution in [0, 0.1) is 0 Å². The summed E-state index contributed by atoms with van der Waals surface area (Å²) in [6, 6.07) is 2.01. The van der Waals surface area contributed by atoms with Crippen LogP contribution in [0.3, 0.4) is 0 Å². The van der Waals surface area contributed by atoms with E-state index in [0.717, 1.165) is 18.4 Å².